The molecule has 5 nitrogen and oxygen atoms in total. The van der Waals surface area contributed by atoms with Crippen molar-refractivity contribution < 1.29 is 19.7 Å². The van der Waals surface area contributed by atoms with Crippen molar-refractivity contribution in [1.82, 2.24) is 5.32 Å². The van der Waals surface area contributed by atoms with Gasteiger partial charge in [0.1, 0.15) is 17.1 Å². The minimum Gasteiger partial charge on any atom is -0.507 e. The molecule has 1 aliphatic carbocycles. The van der Waals surface area contributed by atoms with E-state index in [0.29, 0.717) is 6.61 Å². The average Bonchev–Trinajstić information content (AvgIpc) is 2.88. The van der Waals surface area contributed by atoms with Gasteiger partial charge in [0.15, 0.2) is 0 Å². The second kappa shape index (κ2) is 11.2. The molecule has 4 rings (SSSR count). The van der Waals surface area contributed by atoms with Crippen LogP contribution in [0.1, 0.15) is 81.8 Å². The Bertz CT molecular complexity index is 1310. The Hall–Kier alpha value is -3.31. The molecule has 0 amide bonds. The molecule has 0 saturated heterocycles. The standard InChI is InChI=1S/C33H41NO4/c1-6-34-17-7-8-18-38-30-14-11-22(23-9-12-25(31(36)37)29(35)21-23)19-26(30)24-10-13-27-28(20-24)33(4,5)16-15-32(27,2)3/h9-14,19-21,34-35H,6-8,15-18H2,1-5H3,(H,36,37). The van der Waals surface area contributed by atoms with Crippen LogP contribution in [0, 0.1) is 0 Å². The molecular formula is C33H41NO4. The summed E-state index contributed by atoms with van der Waals surface area (Å²) in [6.45, 7) is 14.0. The zero-order chi connectivity index (χ0) is 27.5. The van der Waals surface area contributed by atoms with E-state index < -0.39 is 5.97 Å². The highest BCUT2D eigenvalue weighted by Gasteiger charge is 2.37. The number of aromatic hydroxyl groups is 1. The van der Waals surface area contributed by atoms with Crippen LogP contribution in [0.5, 0.6) is 11.5 Å². The van der Waals surface area contributed by atoms with Crippen molar-refractivity contribution in [2.24, 2.45) is 0 Å². The van der Waals surface area contributed by atoms with Gasteiger partial charge < -0.3 is 20.3 Å². The van der Waals surface area contributed by atoms with Crippen molar-refractivity contribution in [3.8, 4) is 33.8 Å². The lowest BCUT2D eigenvalue weighted by Gasteiger charge is -2.42. The molecule has 5 heteroatoms. The van der Waals surface area contributed by atoms with Gasteiger partial charge in [0.05, 0.1) is 6.61 Å². The summed E-state index contributed by atoms with van der Waals surface area (Å²) >= 11 is 0. The third kappa shape index (κ3) is 5.88. The average molecular weight is 516 g/mol. The van der Waals surface area contributed by atoms with Crippen LogP contribution in [0.3, 0.4) is 0 Å². The van der Waals surface area contributed by atoms with Crippen molar-refractivity contribution in [2.45, 2.75) is 71.1 Å². The Morgan fingerprint density at radius 3 is 2.21 bits per heavy atom. The van der Waals surface area contributed by atoms with Crippen LogP contribution in [0.25, 0.3) is 22.3 Å². The van der Waals surface area contributed by atoms with E-state index in [1.165, 1.54) is 29.7 Å². The molecule has 0 bridgehead atoms. The zero-order valence-electron chi connectivity index (χ0n) is 23.4. The molecule has 0 unspecified atom stereocenters. The van der Waals surface area contributed by atoms with Crippen LogP contribution in [-0.4, -0.2) is 35.9 Å². The predicted octanol–water partition coefficient (Wildman–Crippen LogP) is 7.54. The Kier molecular flexibility index (Phi) is 8.17. The molecule has 0 radical (unpaired) electrons. The van der Waals surface area contributed by atoms with Crippen molar-refractivity contribution in [3.05, 3.63) is 71.3 Å². The number of carboxylic acid groups (broad SMARTS) is 1. The summed E-state index contributed by atoms with van der Waals surface area (Å²) in [5, 5.41) is 23.0. The van der Waals surface area contributed by atoms with Gasteiger partial charge in [0.2, 0.25) is 0 Å². The summed E-state index contributed by atoms with van der Waals surface area (Å²) in [5.74, 6) is -0.557. The molecule has 0 aliphatic heterocycles. The van der Waals surface area contributed by atoms with Gasteiger partial charge in [-0.05, 0) is 102 Å². The first-order valence-electron chi connectivity index (χ1n) is 13.7. The van der Waals surface area contributed by atoms with Gasteiger partial charge in [-0.3, -0.25) is 0 Å². The van der Waals surface area contributed by atoms with Gasteiger partial charge in [0.25, 0.3) is 0 Å². The second-order valence-electron chi connectivity index (χ2n) is 11.7. The quantitative estimate of drug-likeness (QED) is 0.243. The first kappa shape index (κ1) is 27.7. The molecule has 3 aromatic carbocycles. The van der Waals surface area contributed by atoms with Gasteiger partial charge in [-0.1, -0.05) is 65.0 Å². The van der Waals surface area contributed by atoms with Crippen molar-refractivity contribution in [2.75, 3.05) is 19.7 Å². The highest BCUT2D eigenvalue weighted by molar-refractivity contribution is 5.92. The lowest BCUT2D eigenvalue weighted by Crippen LogP contribution is -2.33. The number of benzene rings is 3. The fourth-order valence-corrected chi connectivity index (χ4v) is 5.42. The monoisotopic (exact) mass is 515 g/mol. The first-order chi connectivity index (χ1) is 18.0. The largest absolute Gasteiger partial charge is 0.507 e. The van der Waals surface area contributed by atoms with E-state index in [1.54, 1.807) is 6.07 Å². The first-order valence-corrected chi connectivity index (χ1v) is 13.7. The Balaban J connectivity index is 1.75. The van der Waals surface area contributed by atoms with Crippen molar-refractivity contribution in [3.63, 3.8) is 0 Å². The predicted molar refractivity (Wildman–Crippen MR) is 154 cm³/mol. The molecule has 0 spiro atoms. The van der Waals surface area contributed by atoms with Crippen molar-refractivity contribution in [1.29, 1.82) is 0 Å². The lowest BCUT2D eigenvalue weighted by molar-refractivity contribution is 0.0693. The van der Waals surface area contributed by atoms with Gasteiger partial charge in [-0.2, -0.15) is 0 Å². The highest BCUT2D eigenvalue weighted by Crippen LogP contribution is 2.47. The zero-order valence-corrected chi connectivity index (χ0v) is 23.4. The van der Waals surface area contributed by atoms with Gasteiger partial charge >= 0.3 is 5.97 Å². The molecular weight excluding hydrogens is 474 g/mol. The SMILES string of the molecule is CCNCCCCOc1ccc(-c2ccc(C(=O)O)c(O)c2)cc1-c1ccc2c(c1)C(C)(C)CCC2(C)C. The number of fused-ring (bicyclic) bond motifs is 1. The Morgan fingerprint density at radius 2 is 1.53 bits per heavy atom. The van der Waals surface area contributed by atoms with Crippen LogP contribution in [0.15, 0.2) is 54.6 Å². The van der Waals surface area contributed by atoms with E-state index in [9.17, 15) is 15.0 Å². The molecule has 0 heterocycles. The number of nitrogens with one attached hydrogen (secondary N) is 1. The minimum atomic E-state index is -1.15. The summed E-state index contributed by atoms with van der Waals surface area (Å²) < 4.78 is 6.32. The number of carbonyl (C=O) groups is 1. The summed E-state index contributed by atoms with van der Waals surface area (Å²) in [5.41, 5.74) is 6.67. The summed E-state index contributed by atoms with van der Waals surface area (Å²) in [6.07, 6.45) is 4.32. The van der Waals surface area contributed by atoms with Crippen LogP contribution in [0.2, 0.25) is 0 Å². The molecule has 38 heavy (non-hydrogen) atoms. The van der Waals surface area contributed by atoms with Gasteiger partial charge in [-0.25, -0.2) is 4.79 Å². The number of hydrogen-bond donors (Lipinski definition) is 3. The Labute approximate surface area is 226 Å². The number of ether oxygens (including phenoxy) is 1. The molecule has 1 aliphatic rings. The molecule has 0 atom stereocenters. The van der Waals surface area contributed by atoms with Crippen LogP contribution in [-0.2, 0) is 10.8 Å². The number of aromatic carboxylic acids is 1. The van der Waals surface area contributed by atoms with E-state index in [0.717, 1.165) is 60.4 Å². The maximum atomic E-state index is 11.4. The highest BCUT2D eigenvalue weighted by atomic mass is 16.5. The third-order valence-corrected chi connectivity index (χ3v) is 7.96. The maximum Gasteiger partial charge on any atom is 0.339 e. The molecule has 3 N–H and O–H groups in total. The number of unbranched alkanes of at least 4 members (excludes halogenated alkanes) is 1. The number of carboxylic acids is 1. The number of hydrogen-bond acceptors (Lipinski definition) is 4. The fourth-order valence-electron chi connectivity index (χ4n) is 5.42. The smallest absolute Gasteiger partial charge is 0.339 e. The minimum absolute atomic E-state index is 0.0875. The topological polar surface area (TPSA) is 78.8 Å². The van der Waals surface area contributed by atoms with E-state index in [1.807, 2.05) is 12.1 Å². The number of phenols is 1. The summed E-state index contributed by atoms with van der Waals surface area (Å²) in [6, 6.07) is 17.6. The summed E-state index contributed by atoms with van der Waals surface area (Å²) in [4.78, 5) is 11.4. The molecule has 0 saturated carbocycles. The molecule has 0 aromatic heterocycles. The van der Waals surface area contributed by atoms with E-state index in [4.69, 9.17) is 4.74 Å². The second-order valence-corrected chi connectivity index (χ2v) is 11.7. The number of rotatable bonds is 10. The maximum absolute atomic E-state index is 11.4. The van der Waals surface area contributed by atoms with Gasteiger partial charge in [-0.15, -0.1) is 0 Å². The summed E-state index contributed by atoms with van der Waals surface area (Å²) in [7, 11) is 0. The molecule has 0 fully saturated rings. The van der Waals surface area contributed by atoms with Crippen LogP contribution in [0.4, 0.5) is 0 Å². The van der Waals surface area contributed by atoms with Crippen LogP contribution >= 0.6 is 0 Å². The van der Waals surface area contributed by atoms with Gasteiger partial charge in [0, 0.05) is 5.56 Å². The van der Waals surface area contributed by atoms with Crippen molar-refractivity contribution >= 4 is 5.97 Å². The third-order valence-electron chi connectivity index (χ3n) is 7.96. The van der Waals surface area contributed by atoms with E-state index in [2.05, 4.69) is 64.2 Å². The Morgan fingerprint density at radius 1 is 0.868 bits per heavy atom. The lowest BCUT2D eigenvalue weighted by atomic mass is 9.63. The molecule has 202 valence electrons. The van der Waals surface area contributed by atoms with E-state index >= 15 is 0 Å². The normalized spacial score (nSPS) is 15.6. The van der Waals surface area contributed by atoms with E-state index in [-0.39, 0.29) is 22.1 Å². The molecule has 3 aromatic rings. The fraction of sp³-hybridized carbons (Fsp3) is 0.424. The van der Waals surface area contributed by atoms with Crippen LogP contribution < -0.4 is 10.1 Å².